The molecule has 0 spiro atoms. The van der Waals surface area contributed by atoms with Crippen LogP contribution in [0.5, 0.6) is 0 Å². The zero-order valence-electron chi connectivity index (χ0n) is 28.9. The molecule has 1 saturated carbocycles. The van der Waals surface area contributed by atoms with Gasteiger partial charge in [-0.3, -0.25) is 0 Å². The van der Waals surface area contributed by atoms with Gasteiger partial charge in [0.1, 0.15) is 5.82 Å². The van der Waals surface area contributed by atoms with E-state index in [9.17, 15) is 4.39 Å². The van der Waals surface area contributed by atoms with E-state index in [-0.39, 0.29) is 31.3 Å². The van der Waals surface area contributed by atoms with Crippen molar-refractivity contribution in [3.63, 3.8) is 0 Å². The number of nitrogens with zero attached hydrogens (tertiary/aromatic N) is 2. The van der Waals surface area contributed by atoms with Gasteiger partial charge in [0, 0.05) is 37.2 Å². The zero-order chi connectivity index (χ0) is 33.2. The smallest absolute Gasteiger partial charge is 0.124 e. The largest absolute Gasteiger partial charge is 0.305 e. The van der Waals surface area contributed by atoms with Crippen LogP contribution in [-0.2, 0) is 32.9 Å². The summed E-state index contributed by atoms with van der Waals surface area (Å²) in [6.07, 6.45) is 11.7. The Hall–Kier alpha value is -3.02. The predicted octanol–water partition coefficient (Wildman–Crippen LogP) is 11.5. The van der Waals surface area contributed by atoms with Gasteiger partial charge in [-0.05, 0) is 69.0 Å². The first-order valence-corrected chi connectivity index (χ1v) is 21.2. The summed E-state index contributed by atoms with van der Waals surface area (Å²) >= 11 is 1.61. The monoisotopic (exact) mass is 849 g/mol. The van der Waals surface area contributed by atoms with E-state index >= 15 is 0 Å². The van der Waals surface area contributed by atoms with Crippen molar-refractivity contribution in [1.29, 1.82) is 0 Å². The van der Waals surface area contributed by atoms with E-state index < -0.39 is 8.07 Å². The first-order chi connectivity index (χ1) is 22.4. The van der Waals surface area contributed by atoms with Gasteiger partial charge >= 0.3 is 0 Å². The topological polar surface area (TPSA) is 25.8 Å². The molecular formula is C42H45FIrN2SSi-2. The molecule has 3 aromatic carbocycles. The molecule has 1 aliphatic carbocycles. The molecule has 2 nitrogen and oxygen atoms in total. The van der Waals surface area contributed by atoms with Gasteiger partial charge in [0.25, 0.3) is 0 Å². The summed E-state index contributed by atoms with van der Waals surface area (Å²) in [4.78, 5) is 9.29. The molecule has 0 amide bonds. The van der Waals surface area contributed by atoms with E-state index in [4.69, 9.17) is 4.98 Å². The first kappa shape index (κ1) is 36.3. The van der Waals surface area contributed by atoms with Crippen molar-refractivity contribution in [2.45, 2.75) is 78.9 Å². The van der Waals surface area contributed by atoms with Crippen LogP contribution < -0.4 is 5.19 Å². The Kier molecular flexibility index (Phi) is 11.5. The third-order valence-electron chi connectivity index (χ3n) is 8.97. The Morgan fingerprint density at radius 3 is 2.33 bits per heavy atom. The summed E-state index contributed by atoms with van der Waals surface area (Å²) in [5.74, 6) is 0.641. The van der Waals surface area contributed by atoms with Crippen LogP contribution in [0.4, 0.5) is 4.39 Å². The maximum atomic E-state index is 13.5. The fraction of sp³-hybridized carbons (Fsp3) is 0.333. The second-order valence-corrected chi connectivity index (χ2v) is 21.4. The molecule has 0 saturated heterocycles. The van der Waals surface area contributed by atoms with Crippen molar-refractivity contribution in [2.75, 3.05) is 0 Å². The van der Waals surface area contributed by atoms with Crippen molar-refractivity contribution >= 4 is 44.8 Å². The van der Waals surface area contributed by atoms with Crippen LogP contribution in [0, 0.1) is 29.3 Å². The van der Waals surface area contributed by atoms with Gasteiger partial charge in [-0.1, -0.05) is 101 Å². The van der Waals surface area contributed by atoms with Gasteiger partial charge in [0.05, 0.1) is 8.07 Å². The number of benzene rings is 3. The number of halogens is 1. The van der Waals surface area contributed by atoms with Gasteiger partial charge < -0.3 is 9.97 Å². The third kappa shape index (κ3) is 8.95. The fourth-order valence-corrected chi connectivity index (χ4v) is 9.40. The van der Waals surface area contributed by atoms with Crippen LogP contribution in [0.3, 0.4) is 0 Å². The molecule has 1 aliphatic rings. The van der Waals surface area contributed by atoms with Crippen molar-refractivity contribution in [2.24, 2.45) is 11.3 Å². The molecule has 7 rings (SSSR count). The van der Waals surface area contributed by atoms with Gasteiger partial charge in [0.15, 0.2) is 0 Å². The second-order valence-electron chi connectivity index (χ2n) is 15.3. The molecule has 0 unspecified atom stereocenters. The number of aromatic nitrogens is 2. The summed E-state index contributed by atoms with van der Waals surface area (Å²) in [5, 5.41) is 3.74. The Bertz CT molecular complexity index is 1990. The number of thiophene rings is 1. The van der Waals surface area contributed by atoms with Crippen molar-refractivity contribution in [3.8, 4) is 22.5 Å². The van der Waals surface area contributed by atoms with Gasteiger partial charge in [0.2, 0.25) is 0 Å². The Labute approximate surface area is 304 Å². The standard InChI is InChI=1S/C23H19FNS.C19H26NSi.Ir/c24-18-6-7-19-20-13-17(5-8-22(20)26-23(19)14-18)21-12-16(9-10-25-21)11-15-3-1-2-4-15;1-19(2,3)13-16-12-17(15-10-8-7-9-11-15)20-14-18(16)21(4,5)6;/h6-10,12-15H,1-4,11H2;7-10,12,14H,13H2,1-6H3;/q2*-1;. The molecule has 1 fully saturated rings. The van der Waals surface area contributed by atoms with E-state index in [2.05, 4.69) is 94.1 Å². The quantitative estimate of drug-likeness (QED) is 0.123. The molecule has 0 atom stereocenters. The minimum Gasteiger partial charge on any atom is -0.305 e. The maximum Gasteiger partial charge on any atom is 0.124 e. The summed E-state index contributed by atoms with van der Waals surface area (Å²) in [5.41, 5.74) is 7.22. The minimum absolute atomic E-state index is 0. The van der Waals surface area contributed by atoms with Crippen LogP contribution in [0.25, 0.3) is 42.7 Å². The predicted molar refractivity (Wildman–Crippen MR) is 202 cm³/mol. The molecule has 1 radical (unpaired) electrons. The number of hydrogen-bond acceptors (Lipinski definition) is 3. The van der Waals surface area contributed by atoms with Gasteiger partial charge in [-0.25, -0.2) is 4.39 Å². The SMILES string of the molecule is CC(C)(C)Cc1cc(-c2[c-]cccc2)ncc1[Si](C)(C)C.Fc1ccc2c(c1)sc1c[c-]c(-c3cc(CC4CCCC4)ccn3)cc12.[Ir]. The van der Waals surface area contributed by atoms with E-state index in [1.807, 2.05) is 36.5 Å². The molecule has 251 valence electrons. The molecule has 6 heteroatoms. The summed E-state index contributed by atoms with van der Waals surface area (Å²) in [7, 11) is -1.37. The second kappa shape index (κ2) is 15.3. The van der Waals surface area contributed by atoms with Crippen LogP contribution in [-0.4, -0.2) is 18.0 Å². The fourth-order valence-electron chi connectivity index (χ4n) is 6.73. The van der Waals surface area contributed by atoms with Crippen LogP contribution in [0.1, 0.15) is 57.6 Å². The molecule has 0 aliphatic heterocycles. The average molecular weight is 849 g/mol. The number of rotatable bonds is 6. The molecular weight excluding hydrogens is 804 g/mol. The molecule has 0 N–H and O–H groups in total. The van der Waals surface area contributed by atoms with Crippen LogP contribution in [0.2, 0.25) is 19.6 Å². The van der Waals surface area contributed by atoms with E-state index in [1.54, 1.807) is 17.4 Å². The zero-order valence-corrected chi connectivity index (χ0v) is 33.1. The number of hydrogen-bond donors (Lipinski definition) is 0. The molecule has 0 bridgehead atoms. The van der Waals surface area contributed by atoms with E-state index in [0.717, 1.165) is 61.4 Å². The molecule has 48 heavy (non-hydrogen) atoms. The van der Waals surface area contributed by atoms with Crippen molar-refractivity contribution in [1.82, 2.24) is 9.97 Å². The third-order valence-corrected chi connectivity index (χ3v) is 12.2. The van der Waals surface area contributed by atoms with E-state index in [0.29, 0.717) is 0 Å². The molecule has 6 aromatic rings. The molecule has 3 aromatic heterocycles. The Morgan fingerprint density at radius 2 is 1.62 bits per heavy atom. The number of fused-ring (bicyclic) bond motifs is 3. The van der Waals surface area contributed by atoms with Crippen LogP contribution in [0.15, 0.2) is 85.2 Å². The average Bonchev–Trinajstić information content (AvgIpc) is 3.67. The Morgan fingerprint density at radius 1 is 0.854 bits per heavy atom. The first-order valence-electron chi connectivity index (χ1n) is 16.9. The van der Waals surface area contributed by atoms with Crippen LogP contribution >= 0.6 is 11.3 Å². The summed E-state index contributed by atoms with van der Waals surface area (Å²) in [6, 6.07) is 30.5. The summed E-state index contributed by atoms with van der Waals surface area (Å²) < 4.78 is 15.6. The Balaban J connectivity index is 0.000000189. The molecule has 3 heterocycles. The van der Waals surface area contributed by atoms with Crippen molar-refractivity contribution in [3.05, 3.63) is 114 Å². The van der Waals surface area contributed by atoms with E-state index in [1.165, 1.54) is 48.1 Å². The summed E-state index contributed by atoms with van der Waals surface area (Å²) in [6.45, 7) is 14.1. The van der Waals surface area contributed by atoms with Crippen molar-refractivity contribution < 1.29 is 24.5 Å². The van der Waals surface area contributed by atoms with Gasteiger partial charge in [-0.15, -0.1) is 59.7 Å². The maximum absolute atomic E-state index is 13.5. The minimum atomic E-state index is -1.37. The normalized spacial score (nSPS) is 13.7. The van der Waals surface area contributed by atoms with Gasteiger partial charge in [-0.2, -0.15) is 11.3 Å². The number of pyridine rings is 2.